The Hall–Kier alpha value is -1.55. The molecule has 0 bridgehead atoms. The van der Waals surface area contributed by atoms with Crippen molar-refractivity contribution in [1.82, 2.24) is 4.90 Å². The second kappa shape index (κ2) is 6.91. The van der Waals surface area contributed by atoms with E-state index in [1.807, 2.05) is 31.2 Å². The molecule has 4 heteroatoms. The minimum atomic E-state index is 0.0109. The molecule has 0 fully saturated rings. The molecule has 1 amide bonds. The molecule has 1 aromatic rings. The molecule has 0 aromatic heterocycles. The highest BCUT2D eigenvalue weighted by Crippen LogP contribution is 2.10. The van der Waals surface area contributed by atoms with Crippen LogP contribution in [-0.4, -0.2) is 31.1 Å². The average molecular weight is 236 g/mol. The number of anilines is 1. The normalized spacial score (nSPS) is 10.2. The first-order valence-corrected chi connectivity index (χ1v) is 5.78. The van der Waals surface area contributed by atoms with Crippen molar-refractivity contribution in [3.63, 3.8) is 0 Å². The largest absolute Gasteiger partial charge is 0.399 e. The van der Waals surface area contributed by atoms with Crippen molar-refractivity contribution in [2.75, 3.05) is 26.0 Å². The van der Waals surface area contributed by atoms with E-state index in [0.29, 0.717) is 6.54 Å². The van der Waals surface area contributed by atoms with Crippen molar-refractivity contribution < 1.29 is 9.53 Å². The zero-order valence-corrected chi connectivity index (χ0v) is 10.5. The van der Waals surface area contributed by atoms with Crippen molar-refractivity contribution in [1.29, 1.82) is 0 Å². The predicted octanol–water partition coefficient (Wildman–Crippen LogP) is 1.65. The van der Waals surface area contributed by atoms with Gasteiger partial charge in [0.15, 0.2) is 0 Å². The number of carbonyl (C=O) groups is 1. The molecular weight excluding hydrogens is 216 g/mol. The summed E-state index contributed by atoms with van der Waals surface area (Å²) in [6, 6.07) is 7.60. The van der Waals surface area contributed by atoms with Crippen LogP contribution in [0, 0.1) is 0 Å². The molecule has 0 saturated heterocycles. The Bertz CT molecular complexity index is 366. The summed E-state index contributed by atoms with van der Waals surface area (Å²) in [5.74, 6) is 0.0109. The molecule has 0 aliphatic rings. The summed E-state index contributed by atoms with van der Waals surface area (Å²) in [4.78, 5) is 13.6. The van der Waals surface area contributed by atoms with Crippen molar-refractivity contribution in [3.8, 4) is 0 Å². The molecule has 1 aromatic carbocycles. The number of nitrogens with zero attached hydrogens (tertiary/aromatic N) is 1. The van der Waals surface area contributed by atoms with Crippen LogP contribution in [0.2, 0.25) is 0 Å². The van der Waals surface area contributed by atoms with E-state index in [-0.39, 0.29) is 12.5 Å². The van der Waals surface area contributed by atoms with Crippen molar-refractivity contribution in [2.45, 2.75) is 19.9 Å². The van der Waals surface area contributed by atoms with Gasteiger partial charge in [-0.1, -0.05) is 19.1 Å². The number of ether oxygens (including phenoxy) is 1. The van der Waals surface area contributed by atoms with Crippen molar-refractivity contribution >= 4 is 11.6 Å². The number of methoxy groups -OCH3 is 1. The van der Waals surface area contributed by atoms with Crippen LogP contribution in [0.3, 0.4) is 0 Å². The van der Waals surface area contributed by atoms with Crippen molar-refractivity contribution in [2.24, 2.45) is 0 Å². The van der Waals surface area contributed by atoms with Crippen LogP contribution in [0.25, 0.3) is 0 Å². The van der Waals surface area contributed by atoms with Crippen LogP contribution in [-0.2, 0) is 16.1 Å². The van der Waals surface area contributed by atoms with Gasteiger partial charge in [0.05, 0.1) is 0 Å². The van der Waals surface area contributed by atoms with Gasteiger partial charge in [-0.05, 0) is 24.1 Å². The van der Waals surface area contributed by atoms with Gasteiger partial charge < -0.3 is 15.4 Å². The Balaban J connectivity index is 2.69. The third-order valence-electron chi connectivity index (χ3n) is 2.44. The van der Waals surface area contributed by atoms with Crippen LogP contribution in [0.5, 0.6) is 0 Å². The third-order valence-corrected chi connectivity index (χ3v) is 2.44. The third kappa shape index (κ3) is 4.44. The average Bonchev–Trinajstić information content (AvgIpc) is 2.29. The lowest BCUT2D eigenvalue weighted by Gasteiger charge is -2.22. The van der Waals surface area contributed by atoms with Gasteiger partial charge in [0.2, 0.25) is 5.91 Å². The zero-order valence-electron chi connectivity index (χ0n) is 10.5. The topological polar surface area (TPSA) is 55.6 Å². The maximum atomic E-state index is 11.8. The lowest BCUT2D eigenvalue weighted by molar-refractivity contribution is -0.135. The lowest BCUT2D eigenvalue weighted by atomic mass is 10.2. The van der Waals surface area contributed by atoms with E-state index in [1.165, 1.54) is 7.11 Å². The molecule has 94 valence electrons. The summed E-state index contributed by atoms with van der Waals surface area (Å²) in [5, 5.41) is 0. The number of nitrogen functional groups attached to an aromatic ring is 1. The van der Waals surface area contributed by atoms with E-state index in [4.69, 9.17) is 10.5 Å². The van der Waals surface area contributed by atoms with Gasteiger partial charge in [-0.3, -0.25) is 4.79 Å². The zero-order chi connectivity index (χ0) is 12.7. The summed E-state index contributed by atoms with van der Waals surface area (Å²) in [7, 11) is 1.53. The smallest absolute Gasteiger partial charge is 0.248 e. The van der Waals surface area contributed by atoms with Gasteiger partial charge in [0.25, 0.3) is 0 Å². The number of hydrogen-bond donors (Lipinski definition) is 1. The van der Waals surface area contributed by atoms with Gasteiger partial charge in [-0.25, -0.2) is 0 Å². The Morgan fingerprint density at radius 2 is 2.24 bits per heavy atom. The summed E-state index contributed by atoms with van der Waals surface area (Å²) < 4.78 is 4.88. The lowest BCUT2D eigenvalue weighted by Crippen LogP contribution is -2.33. The molecule has 0 spiro atoms. The van der Waals surface area contributed by atoms with Gasteiger partial charge in [0, 0.05) is 25.9 Å². The summed E-state index contributed by atoms with van der Waals surface area (Å²) in [6.07, 6.45) is 0.928. The Morgan fingerprint density at radius 3 is 2.82 bits per heavy atom. The van der Waals surface area contributed by atoms with E-state index in [9.17, 15) is 4.79 Å². The van der Waals surface area contributed by atoms with Crippen LogP contribution < -0.4 is 5.73 Å². The van der Waals surface area contributed by atoms with Crippen molar-refractivity contribution in [3.05, 3.63) is 29.8 Å². The van der Waals surface area contributed by atoms with E-state index < -0.39 is 0 Å². The molecule has 0 aliphatic carbocycles. The number of amides is 1. The van der Waals surface area contributed by atoms with Crippen LogP contribution in [0.4, 0.5) is 5.69 Å². The second-order valence-corrected chi connectivity index (χ2v) is 3.99. The number of benzene rings is 1. The van der Waals surface area contributed by atoms with Gasteiger partial charge >= 0.3 is 0 Å². The van der Waals surface area contributed by atoms with Gasteiger partial charge in [-0.15, -0.1) is 0 Å². The number of hydrogen-bond acceptors (Lipinski definition) is 3. The first-order chi connectivity index (χ1) is 8.17. The standard InChI is InChI=1S/C13H20N2O2/c1-3-7-15(13(16)10-17-2)9-11-5-4-6-12(14)8-11/h4-6,8H,3,7,9-10,14H2,1-2H3. The maximum absolute atomic E-state index is 11.8. The molecule has 17 heavy (non-hydrogen) atoms. The highest BCUT2D eigenvalue weighted by molar-refractivity contribution is 5.77. The SMILES string of the molecule is CCCN(Cc1cccc(N)c1)C(=O)COC. The Kier molecular flexibility index (Phi) is 5.49. The summed E-state index contributed by atoms with van der Waals surface area (Å²) in [5.41, 5.74) is 7.48. The summed E-state index contributed by atoms with van der Waals surface area (Å²) >= 11 is 0. The number of nitrogens with two attached hydrogens (primary N) is 1. The minimum absolute atomic E-state index is 0.0109. The molecule has 4 nitrogen and oxygen atoms in total. The minimum Gasteiger partial charge on any atom is -0.399 e. The highest BCUT2D eigenvalue weighted by Gasteiger charge is 2.12. The molecule has 0 unspecified atom stereocenters. The molecular formula is C13H20N2O2. The molecule has 0 radical (unpaired) electrons. The van der Waals surface area contributed by atoms with E-state index in [1.54, 1.807) is 4.90 Å². The monoisotopic (exact) mass is 236 g/mol. The van der Waals surface area contributed by atoms with E-state index >= 15 is 0 Å². The maximum Gasteiger partial charge on any atom is 0.248 e. The molecule has 0 saturated carbocycles. The fraction of sp³-hybridized carbons (Fsp3) is 0.462. The fourth-order valence-corrected chi connectivity index (χ4v) is 1.69. The first kappa shape index (κ1) is 13.5. The molecule has 0 heterocycles. The molecule has 2 N–H and O–H groups in total. The Morgan fingerprint density at radius 1 is 1.47 bits per heavy atom. The van der Waals surface area contributed by atoms with Gasteiger partial charge in [-0.2, -0.15) is 0 Å². The molecule has 0 aliphatic heterocycles. The fourth-order valence-electron chi connectivity index (χ4n) is 1.69. The van der Waals surface area contributed by atoms with Crippen LogP contribution >= 0.6 is 0 Å². The highest BCUT2D eigenvalue weighted by atomic mass is 16.5. The quantitative estimate of drug-likeness (QED) is 0.764. The van der Waals surface area contributed by atoms with Gasteiger partial charge in [0.1, 0.15) is 6.61 Å². The molecule has 0 atom stereocenters. The number of rotatable bonds is 6. The van der Waals surface area contributed by atoms with Crippen LogP contribution in [0.15, 0.2) is 24.3 Å². The Labute approximate surface area is 102 Å². The number of carbonyl (C=O) groups excluding carboxylic acids is 1. The first-order valence-electron chi connectivity index (χ1n) is 5.78. The van der Waals surface area contributed by atoms with E-state index in [2.05, 4.69) is 0 Å². The van der Waals surface area contributed by atoms with E-state index in [0.717, 1.165) is 24.2 Å². The summed E-state index contributed by atoms with van der Waals surface area (Å²) in [6.45, 7) is 3.49. The van der Waals surface area contributed by atoms with Crippen LogP contribution in [0.1, 0.15) is 18.9 Å². The second-order valence-electron chi connectivity index (χ2n) is 3.99. The molecule has 1 rings (SSSR count). The predicted molar refractivity (Wildman–Crippen MR) is 68.4 cm³/mol.